The van der Waals surface area contributed by atoms with Crippen LogP contribution in [0.15, 0.2) is 83.8 Å². The van der Waals surface area contributed by atoms with Crippen LogP contribution in [0.4, 0.5) is 4.79 Å². The molecule has 2 aliphatic heterocycles. The zero-order chi connectivity index (χ0) is 36.3. The third-order valence-electron chi connectivity index (χ3n) is 9.82. The van der Waals surface area contributed by atoms with Crippen molar-refractivity contribution in [1.29, 1.82) is 0 Å². The largest absolute Gasteiger partial charge is 0.479 e. The van der Waals surface area contributed by atoms with Crippen molar-refractivity contribution >= 4 is 23.9 Å². The number of rotatable bonds is 5. The highest BCUT2D eigenvalue weighted by atomic mass is 16.6. The van der Waals surface area contributed by atoms with Gasteiger partial charge in [0.25, 0.3) is 5.56 Å². The van der Waals surface area contributed by atoms with E-state index in [0.29, 0.717) is 29.5 Å². The molecule has 3 aliphatic rings. The molecule has 1 aliphatic carbocycles. The van der Waals surface area contributed by atoms with Gasteiger partial charge in [0.05, 0.1) is 17.8 Å². The summed E-state index contributed by atoms with van der Waals surface area (Å²) >= 11 is 0. The van der Waals surface area contributed by atoms with Gasteiger partial charge >= 0.3 is 12.1 Å². The predicted molar refractivity (Wildman–Crippen MR) is 191 cm³/mol. The Kier molecular flexibility index (Phi) is 10.1. The van der Waals surface area contributed by atoms with Crippen molar-refractivity contribution in [2.75, 3.05) is 6.54 Å². The molecular formula is C39H45N5O7. The summed E-state index contributed by atoms with van der Waals surface area (Å²) in [5.74, 6) is -2.67. The number of fused-ring (bicyclic) bond motifs is 2. The molecule has 12 nitrogen and oxygen atoms in total. The molecule has 268 valence electrons. The first-order valence-corrected chi connectivity index (χ1v) is 17.6. The molecule has 3 heterocycles. The fourth-order valence-corrected chi connectivity index (χ4v) is 7.15. The van der Waals surface area contributed by atoms with Crippen molar-refractivity contribution in [2.45, 2.75) is 95.0 Å². The van der Waals surface area contributed by atoms with E-state index in [9.17, 15) is 29.1 Å². The van der Waals surface area contributed by atoms with Gasteiger partial charge in [0.2, 0.25) is 11.8 Å². The highest BCUT2D eigenvalue weighted by molar-refractivity contribution is 5.96. The van der Waals surface area contributed by atoms with Gasteiger partial charge in [-0.05, 0) is 57.6 Å². The quantitative estimate of drug-likeness (QED) is 0.311. The molecule has 12 heteroatoms. The number of carboxylic acid groups (broad SMARTS) is 1. The lowest BCUT2D eigenvalue weighted by molar-refractivity contribution is -0.145. The zero-order valence-electron chi connectivity index (χ0n) is 29.2. The molecule has 2 fully saturated rings. The molecule has 1 saturated carbocycles. The van der Waals surface area contributed by atoms with E-state index >= 15 is 0 Å². The number of carboxylic acids is 1. The Morgan fingerprint density at radius 2 is 1.67 bits per heavy atom. The maximum absolute atomic E-state index is 14.4. The second-order valence-electron chi connectivity index (χ2n) is 14.7. The molecule has 0 bridgehead atoms. The summed E-state index contributed by atoms with van der Waals surface area (Å²) in [6, 6.07) is 15.9. The van der Waals surface area contributed by atoms with Gasteiger partial charge in [-0.1, -0.05) is 85.7 Å². The molecule has 5 atom stereocenters. The maximum Gasteiger partial charge on any atom is 0.408 e. The van der Waals surface area contributed by atoms with E-state index in [1.165, 1.54) is 9.58 Å². The molecule has 3 aromatic rings. The lowest BCUT2D eigenvalue weighted by Gasteiger charge is -2.30. The van der Waals surface area contributed by atoms with Crippen LogP contribution in [0.3, 0.4) is 0 Å². The van der Waals surface area contributed by atoms with Crippen molar-refractivity contribution in [3.05, 3.63) is 89.4 Å². The van der Waals surface area contributed by atoms with Gasteiger partial charge in [-0.3, -0.25) is 14.4 Å². The summed E-state index contributed by atoms with van der Waals surface area (Å²) in [4.78, 5) is 69.8. The first kappa shape index (κ1) is 35.6. The standard InChI is InChI=1S/C39H45N5O7/c1-38(2,3)51-37(50)41-30-20-14-6-4-5-13-19-27-22-39(27,36(48)49)42-33(45)31-21-28(24-43(31)34(30)46)44-35(47)32(26-17-11-8-12-18-26)29(23-40-44)25-15-9-7-10-16-25/h7-13,15-19,23,27-28,30-31H,4-6,14,20-22,24H2,1-3H3,(H,41,50)(H,42,45)(H,48,49)/b19-13-/t27-,28+,30-,31-,39+/m0/s1. The van der Waals surface area contributed by atoms with E-state index in [2.05, 4.69) is 15.7 Å². The third kappa shape index (κ3) is 7.74. The number of ether oxygens (including phenoxy) is 1. The Morgan fingerprint density at radius 1 is 0.980 bits per heavy atom. The number of alkyl carbamates (subject to hydrolysis) is 1. The first-order valence-electron chi connectivity index (χ1n) is 17.6. The van der Waals surface area contributed by atoms with Gasteiger partial charge in [-0.25, -0.2) is 14.3 Å². The van der Waals surface area contributed by atoms with Crippen molar-refractivity contribution in [1.82, 2.24) is 25.3 Å². The minimum Gasteiger partial charge on any atom is -0.479 e. The number of amides is 3. The molecule has 1 saturated heterocycles. The minimum absolute atomic E-state index is 0.0127. The Balaban J connectivity index is 1.39. The second-order valence-corrected chi connectivity index (χ2v) is 14.7. The normalized spacial score (nSPS) is 26.1. The number of carbonyl (C=O) groups excluding carboxylic acids is 3. The van der Waals surface area contributed by atoms with Crippen LogP contribution in [0.2, 0.25) is 0 Å². The molecule has 0 spiro atoms. The number of nitrogens with zero attached hydrogens (tertiary/aromatic N) is 3. The van der Waals surface area contributed by atoms with E-state index in [4.69, 9.17) is 4.74 Å². The smallest absolute Gasteiger partial charge is 0.408 e. The van der Waals surface area contributed by atoms with Gasteiger partial charge in [0.1, 0.15) is 23.2 Å². The fraction of sp³-hybridized carbons (Fsp3) is 0.436. The molecule has 0 unspecified atom stereocenters. The van der Waals surface area contributed by atoms with E-state index < -0.39 is 53.1 Å². The zero-order valence-corrected chi connectivity index (χ0v) is 29.2. The van der Waals surface area contributed by atoms with Gasteiger partial charge < -0.3 is 25.4 Å². The van der Waals surface area contributed by atoms with Gasteiger partial charge in [0.15, 0.2) is 0 Å². The number of aromatic nitrogens is 2. The van der Waals surface area contributed by atoms with E-state index in [1.807, 2.05) is 72.8 Å². The Morgan fingerprint density at radius 3 is 2.33 bits per heavy atom. The van der Waals surface area contributed by atoms with E-state index in [0.717, 1.165) is 24.8 Å². The van der Waals surface area contributed by atoms with Crippen LogP contribution in [0.25, 0.3) is 22.3 Å². The number of hydrogen-bond acceptors (Lipinski definition) is 7. The number of allylic oxidation sites excluding steroid dienone is 1. The van der Waals surface area contributed by atoms with Crippen LogP contribution in [-0.2, 0) is 19.1 Å². The summed E-state index contributed by atoms with van der Waals surface area (Å²) in [5, 5.41) is 20.3. The van der Waals surface area contributed by atoms with E-state index in [-0.39, 0.29) is 30.9 Å². The number of nitrogens with one attached hydrogen (secondary N) is 2. The fourth-order valence-electron chi connectivity index (χ4n) is 7.15. The second kappa shape index (κ2) is 14.5. The van der Waals surface area contributed by atoms with Crippen LogP contribution in [-0.4, -0.2) is 73.4 Å². The Labute approximate surface area is 296 Å². The van der Waals surface area contributed by atoms with Crippen LogP contribution in [0, 0.1) is 5.92 Å². The lowest BCUT2D eigenvalue weighted by Crippen LogP contribution is -2.56. The number of hydrogen-bond donors (Lipinski definition) is 3. The Bertz CT molecular complexity index is 1870. The molecular weight excluding hydrogens is 650 g/mol. The lowest BCUT2D eigenvalue weighted by atomic mass is 9.97. The average molecular weight is 696 g/mol. The summed E-state index contributed by atoms with van der Waals surface area (Å²) in [5.41, 5.74) is -0.104. The Hall–Kier alpha value is -5.26. The molecule has 1 aromatic heterocycles. The van der Waals surface area contributed by atoms with Crippen molar-refractivity contribution < 1.29 is 29.0 Å². The minimum atomic E-state index is -1.48. The van der Waals surface area contributed by atoms with Crippen LogP contribution >= 0.6 is 0 Å². The number of benzene rings is 2. The van der Waals surface area contributed by atoms with Gasteiger partial charge in [-0.15, -0.1) is 0 Å². The molecule has 0 radical (unpaired) electrons. The van der Waals surface area contributed by atoms with Crippen molar-refractivity contribution in [3.8, 4) is 22.3 Å². The highest BCUT2D eigenvalue weighted by Gasteiger charge is 2.61. The SMILES string of the molecule is CC(C)(C)OC(=O)N[C@H]1CCCCC/C=C\[C@H]2C[C@@]2(C(=O)O)NC(=O)[C@@H]2C[C@@H](n3ncc(-c4ccccc4)c(-c4ccccc4)c3=O)CN2C1=O. The average Bonchev–Trinajstić information content (AvgIpc) is 3.61. The summed E-state index contributed by atoms with van der Waals surface area (Å²) < 4.78 is 6.81. The van der Waals surface area contributed by atoms with Crippen molar-refractivity contribution in [2.24, 2.45) is 5.92 Å². The topological polar surface area (TPSA) is 160 Å². The summed E-state index contributed by atoms with van der Waals surface area (Å²) in [6.45, 7) is 5.12. The molecule has 3 amide bonds. The van der Waals surface area contributed by atoms with Crippen molar-refractivity contribution in [3.63, 3.8) is 0 Å². The molecule has 6 rings (SSSR count). The van der Waals surface area contributed by atoms with Crippen LogP contribution < -0.4 is 16.2 Å². The van der Waals surface area contributed by atoms with Crippen LogP contribution in [0.1, 0.15) is 71.8 Å². The van der Waals surface area contributed by atoms with Crippen LogP contribution in [0.5, 0.6) is 0 Å². The van der Waals surface area contributed by atoms with E-state index in [1.54, 1.807) is 27.0 Å². The number of carbonyl (C=O) groups is 4. The number of aliphatic carboxylic acids is 1. The van der Waals surface area contributed by atoms with Gasteiger partial charge in [0, 0.05) is 24.4 Å². The summed E-state index contributed by atoms with van der Waals surface area (Å²) in [6.07, 6.45) is 8.16. The third-order valence-corrected chi connectivity index (χ3v) is 9.82. The molecule has 3 N–H and O–H groups in total. The predicted octanol–water partition coefficient (Wildman–Crippen LogP) is 5.09. The summed E-state index contributed by atoms with van der Waals surface area (Å²) in [7, 11) is 0. The highest BCUT2D eigenvalue weighted by Crippen LogP contribution is 2.45. The first-order chi connectivity index (χ1) is 24.4. The maximum atomic E-state index is 14.4. The monoisotopic (exact) mass is 695 g/mol. The molecule has 2 aromatic carbocycles. The molecule has 51 heavy (non-hydrogen) atoms. The van der Waals surface area contributed by atoms with Gasteiger partial charge in [-0.2, -0.15) is 5.10 Å².